The van der Waals surface area contributed by atoms with Gasteiger partial charge in [0, 0.05) is 27.8 Å². The number of anilines is 2. The number of halogens is 2. The van der Waals surface area contributed by atoms with Crippen LogP contribution in [0.2, 0.25) is 10.0 Å². The Balaban J connectivity index is 1.62. The smallest absolute Gasteiger partial charge is 0.261 e. The van der Waals surface area contributed by atoms with Crippen LogP contribution in [0.5, 0.6) is 0 Å². The molecule has 8 heteroatoms. The lowest BCUT2D eigenvalue weighted by molar-refractivity contribution is 0.0985. The van der Waals surface area contributed by atoms with E-state index in [0.29, 0.717) is 34.3 Å². The molecule has 0 aliphatic carbocycles. The van der Waals surface area contributed by atoms with Gasteiger partial charge in [0.25, 0.3) is 15.9 Å². The summed E-state index contributed by atoms with van der Waals surface area (Å²) in [6.07, 6.45) is 1.44. The molecule has 0 atom stereocenters. The van der Waals surface area contributed by atoms with Crippen molar-refractivity contribution in [2.75, 3.05) is 16.2 Å². The van der Waals surface area contributed by atoms with Gasteiger partial charge in [-0.3, -0.25) is 9.52 Å². The number of hydrogen-bond donors (Lipinski definition) is 1. The van der Waals surface area contributed by atoms with Gasteiger partial charge in [0.05, 0.1) is 10.6 Å². The summed E-state index contributed by atoms with van der Waals surface area (Å²) in [7, 11) is -3.80. The first kappa shape index (κ1) is 21.7. The first-order valence-electron chi connectivity index (χ1n) is 9.74. The van der Waals surface area contributed by atoms with Gasteiger partial charge >= 0.3 is 0 Å². The molecule has 1 aliphatic heterocycles. The Morgan fingerprint density at radius 2 is 1.74 bits per heavy atom. The Labute approximate surface area is 191 Å². The lowest BCUT2D eigenvalue weighted by atomic mass is 10.0. The molecule has 0 saturated carbocycles. The number of nitrogens with zero attached hydrogens (tertiary/aromatic N) is 1. The largest absolute Gasteiger partial charge is 0.308 e. The molecule has 0 saturated heterocycles. The average Bonchev–Trinajstić information content (AvgIpc) is 2.75. The highest BCUT2D eigenvalue weighted by Crippen LogP contribution is 2.31. The van der Waals surface area contributed by atoms with Crippen LogP contribution in [0.15, 0.2) is 65.6 Å². The van der Waals surface area contributed by atoms with Crippen LogP contribution in [0, 0.1) is 6.92 Å². The molecule has 1 amide bonds. The Morgan fingerprint density at radius 1 is 1.00 bits per heavy atom. The molecule has 5 nitrogen and oxygen atoms in total. The van der Waals surface area contributed by atoms with Crippen molar-refractivity contribution in [3.8, 4) is 0 Å². The van der Waals surface area contributed by atoms with E-state index >= 15 is 0 Å². The molecular weight excluding hydrogens is 455 g/mol. The first-order chi connectivity index (χ1) is 14.7. The Bertz CT molecular complexity index is 1260. The van der Waals surface area contributed by atoms with Crippen LogP contribution < -0.4 is 9.62 Å². The second-order valence-corrected chi connectivity index (χ2v) is 9.95. The first-order valence-corrected chi connectivity index (χ1v) is 12.0. The van der Waals surface area contributed by atoms with E-state index in [1.807, 2.05) is 6.92 Å². The zero-order valence-electron chi connectivity index (χ0n) is 16.7. The number of rotatable bonds is 4. The normalized spacial score (nSPS) is 13.6. The fraction of sp³-hybridized carbons (Fsp3) is 0.174. The van der Waals surface area contributed by atoms with Crippen LogP contribution in [0.4, 0.5) is 11.4 Å². The summed E-state index contributed by atoms with van der Waals surface area (Å²) in [4.78, 5) is 14.8. The number of nitrogens with one attached hydrogen (secondary N) is 1. The van der Waals surface area contributed by atoms with Gasteiger partial charge in [-0.25, -0.2) is 8.42 Å². The maximum absolute atomic E-state index is 13.0. The summed E-state index contributed by atoms with van der Waals surface area (Å²) in [5.74, 6) is -0.138. The number of carbonyl (C=O) groups is 1. The van der Waals surface area contributed by atoms with Gasteiger partial charge in [0.2, 0.25) is 0 Å². The van der Waals surface area contributed by atoms with Crippen molar-refractivity contribution in [2.24, 2.45) is 0 Å². The third-order valence-corrected chi connectivity index (χ3v) is 7.28. The van der Waals surface area contributed by atoms with E-state index in [1.54, 1.807) is 59.5 Å². The fourth-order valence-electron chi connectivity index (χ4n) is 3.57. The van der Waals surface area contributed by atoms with E-state index in [9.17, 15) is 13.2 Å². The van der Waals surface area contributed by atoms with Crippen molar-refractivity contribution in [1.82, 2.24) is 0 Å². The summed E-state index contributed by atoms with van der Waals surface area (Å²) in [6, 6.07) is 16.6. The zero-order chi connectivity index (χ0) is 22.2. The van der Waals surface area contributed by atoms with Gasteiger partial charge in [-0.1, -0.05) is 29.3 Å². The monoisotopic (exact) mass is 474 g/mol. The third kappa shape index (κ3) is 4.56. The molecule has 1 heterocycles. The molecule has 1 N–H and O–H groups in total. The molecule has 3 aromatic rings. The second-order valence-electron chi connectivity index (χ2n) is 7.43. The van der Waals surface area contributed by atoms with E-state index in [0.717, 1.165) is 23.2 Å². The fourth-order valence-corrected chi connectivity index (χ4v) is 4.98. The standard InChI is InChI=1S/C23H20Cl2N2O3S/c1-15-4-9-19(14-21(15)25)26-31(29,30)20-10-11-22-17(13-20)3-2-12-27(22)23(28)16-5-7-18(24)8-6-16/h4-11,13-14,26H,2-3,12H2,1H3. The lowest BCUT2D eigenvalue weighted by Gasteiger charge is -2.30. The molecule has 160 valence electrons. The van der Waals surface area contributed by atoms with Crippen molar-refractivity contribution in [3.05, 3.63) is 87.4 Å². The molecule has 1 aliphatic rings. The summed E-state index contributed by atoms with van der Waals surface area (Å²) in [6.45, 7) is 2.42. The highest BCUT2D eigenvalue weighted by molar-refractivity contribution is 7.92. The summed E-state index contributed by atoms with van der Waals surface area (Å²) < 4.78 is 28.4. The van der Waals surface area contributed by atoms with Gasteiger partial charge < -0.3 is 4.90 Å². The minimum Gasteiger partial charge on any atom is -0.308 e. The number of hydrogen-bond acceptors (Lipinski definition) is 3. The number of carbonyl (C=O) groups excluding carboxylic acids is 1. The van der Waals surface area contributed by atoms with Crippen LogP contribution in [-0.4, -0.2) is 20.9 Å². The maximum atomic E-state index is 13.0. The molecule has 0 unspecified atom stereocenters. The lowest BCUT2D eigenvalue weighted by Crippen LogP contribution is -2.35. The molecule has 4 rings (SSSR count). The summed E-state index contributed by atoms with van der Waals surface area (Å²) in [5.41, 5.74) is 3.34. The molecule has 0 radical (unpaired) electrons. The summed E-state index contributed by atoms with van der Waals surface area (Å²) >= 11 is 12.0. The third-order valence-electron chi connectivity index (χ3n) is 5.24. The van der Waals surface area contributed by atoms with Gasteiger partial charge in [-0.2, -0.15) is 0 Å². The summed E-state index contributed by atoms with van der Waals surface area (Å²) in [5, 5.41) is 1.05. The topological polar surface area (TPSA) is 66.5 Å². The second kappa shape index (κ2) is 8.54. The van der Waals surface area contributed by atoms with Crippen LogP contribution in [0.25, 0.3) is 0 Å². The molecule has 0 spiro atoms. The number of fused-ring (bicyclic) bond motifs is 1. The van der Waals surface area contributed by atoms with Crippen molar-refractivity contribution in [3.63, 3.8) is 0 Å². The van der Waals surface area contributed by atoms with Gasteiger partial charge in [-0.15, -0.1) is 0 Å². The molecule has 31 heavy (non-hydrogen) atoms. The van der Waals surface area contributed by atoms with E-state index in [1.165, 1.54) is 6.07 Å². The van der Waals surface area contributed by atoms with E-state index in [2.05, 4.69) is 4.72 Å². The van der Waals surface area contributed by atoms with Gasteiger partial charge in [0.1, 0.15) is 0 Å². The Kier molecular flexibility index (Phi) is 5.97. The minimum absolute atomic E-state index is 0.138. The number of benzene rings is 3. The van der Waals surface area contributed by atoms with E-state index in [4.69, 9.17) is 23.2 Å². The van der Waals surface area contributed by atoms with E-state index in [-0.39, 0.29) is 10.8 Å². The van der Waals surface area contributed by atoms with Crippen LogP contribution in [0.3, 0.4) is 0 Å². The molecule has 3 aromatic carbocycles. The molecule has 0 bridgehead atoms. The zero-order valence-corrected chi connectivity index (χ0v) is 19.1. The van der Waals surface area contributed by atoms with Crippen LogP contribution in [-0.2, 0) is 16.4 Å². The quantitative estimate of drug-likeness (QED) is 0.527. The van der Waals surface area contributed by atoms with Crippen molar-refractivity contribution in [1.29, 1.82) is 0 Å². The Hall–Kier alpha value is -2.54. The number of amides is 1. The van der Waals surface area contributed by atoms with Crippen molar-refractivity contribution in [2.45, 2.75) is 24.7 Å². The number of sulfonamides is 1. The van der Waals surface area contributed by atoms with Crippen LogP contribution >= 0.6 is 23.2 Å². The highest BCUT2D eigenvalue weighted by Gasteiger charge is 2.25. The predicted molar refractivity (Wildman–Crippen MR) is 125 cm³/mol. The Morgan fingerprint density at radius 3 is 2.45 bits per heavy atom. The highest BCUT2D eigenvalue weighted by atomic mass is 35.5. The molecule has 0 aromatic heterocycles. The van der Waals surface area contributed by atoms with Gasteiger partial charge in [0.15, 0.2) is 0 Å². The van der Waals surface area contributed by atoms with Crippen molar-refractivity contribution >= 4 is 50.5 Å². The van der Waals surface area contributed by atoms with Crippen molar-refractivity contribution < 1.29 is 13.2 Å². The molecule has 0 fully saturated rings. The number of aryl methyl sites for hydroxylation is 2. The average molecular weight is 475 g/mol. The minimum atomic E-state index is -3.80. The maximum Gasteiger partial charge on any atom is 0.261 e. The molecular formula is C23H20Cl2N2O3S. The van der Waals surface area contributed by atoms with E-state index < -0.39 is 10.0 Å². The predicted octanol–water partition coefficient (Wildman–Crippen LogP) is 5.70. The van der Waals surface area contributed by atoms with Crippen LogP contribution in [0.1, 0.15) is 27.9 Å². The van der Waals surface area contributed by atoms with Gasteiger partial charge in [-0.05, 0) is 85.5 Å². The SMILES string of the molecule is Cc1ccc(NS(=O)(=O)c2ccc3c(c2)CCCN3C(=O)c2ccc(Cl)cc2)cc1Cl.